The van der Waals surface area contributed by atoms with Gasteiger partial charge < -0.3 is 10.2 Å². The molecule has 27 heavy (non-hydrogen) atoms. The number of fused-ring (bicyclic) bond motifs is 1. The number of aromatic nitrogens is 1. The van der Waals surface area contributed by atoms with Crippen molar-refractivity contribution in [3.63, 3.8) is 0 Å². The first-order chi connectivity index (χ1) is 13.0. The van der Waals surface area contributed by atoms with Crippen LogP contribution in [0.1, 0.15) is 32.7 Å². The van der Waals surface area contributed by atoms with Crippen molar-refractivity contribution >= 4 is 28.6 Å². The Balaban J connectivity index is 1.74. The highest BCUT2D eigenvalue weighted by molar-refractivity contribution is 7.09. The van der Waals surface area contributed by atoms with Crippen LogP contribution in [0, 0.1) is 17.0 Å². The molecule has 1 atom stereocenters. The molecule has 0 fully saturated rings. The summed E-state index contributed by atoms with van der Waals surface area (Å²) in [4.78, 5) is 31.0. The fourth-order valence-electron chi connectivity index (χ4n) is 3.18. The van der Waals surface area contributed by atoms with E-state index in [2.05, 4.69) is 10.3 Å². The molecule has 2 aromatic heterocycles. The predicted octanol–water partition coefficient (Wildman–Crippen LogP) is 4.13. The summed E-state index contributed by atoms with van der Waals surface area (Å²) in [5, 5.41) is 16.6. The summed E-state index contributed by atoms with van der Waals surface area (Å²) in [6, 6.07) is 12.3. The average molecular weight is 380 g/mol. The van der Waals surface area contributed by atoms with Crippen LogP contribution in [0.3, 0.4) is 0 Å². The Morgan fingerprint density at radius 3 is 2.89 bits per heavy atom. The van der Waals surface area contributed by atoms with Gasteiger partial charge in [0.15, 0.2) is 0 Å². The van der Waals surface area contributed by atoms with Crippen LogP contribution in [0.25, 0.3) is 0 Å². The molecular weight excluding hydrogens is 364 g/mol. The number of carbonyl (C=O) groups is 1. The number of hydrogen-bond acceptors (Lipinski definition) is 6. The lowest BCUT2D eigenvalue weighted by Crippen LogP contribution is -2.32. The minimum Gasteiger partial charge on any atom is -0.354 e. The van der Waals surface area contributed by atoms with Crippen LogP contribution in [-0.2, 0) is 6.54 Å². The van der Waals surface area contributed by atoms with Crippen molar-refractivity contribution in [3.05, 3.63) is 85.9 Å². The molecule has 0 bridgehead atoms. The summed E-state index contributed by atoms with van der Waals surface area (Å²) in [5.74, 6) is -0.140. The lowest BCUT2D eigenvalue weighted by molar-refractivity contribution is -0.384. The number of thiophene rings is 1. The zero-order chi connectivity index (χ0) is 19.0. The van der Waals surface area contributed by atoms with Gasteiger partial charge in [-0.25, -0.2) is 0 Å². The number of nitro groups is 1. The van der Waals surface area contributed by atoms with Gasteiger partial charge in [0.1, 0.15) is 11.9 Å². The highest BCUT2D eigenvalue weighted by Gasteiger charge is 2.38. The standard InChI is InChI=1S/C19H16N4O3S/c1-12-6-7-15(16(10-12)23(25)26)21-18-17-14(5-2-8-20-17)19(24)22(18)11-13-4-3-9-27-13/h2-10,18,21H,11H2,1H3. The van der Waals surface area contributed by atoms with E-state index in [0.29, 0.717) is 23.5 Å². The normalized spacial score (nSPS) is 15.7. The number of nitro benzene ring substituents is 1. The zero-order valence-electron chi connectivity index (χ0n) is 14.5. The Morgan fingerprint density at radius 2 is 2.15 bits per heavy atom. The number of rotatable bonds is 5. The number of anilines is 1. The van der Waals surface area contributed by atoms with E-state index in [1.54, 1.807) is 53.6 Å². The molecule has 1 unspecified atom stereocenters. The molecule has 0 spiro atoms. The molecule has 0 saturated carbocycles. The van der Waals surface area contributed by atoms with Crippen molar-refractivity contribution in [1.29, 1.82) is 0 Å². The van der Waals surface area contributed by atoms with Gasteiger partial charge in [0.2, 0.25) is 0 Å². The highest BCUT2D eigenvalue weighted by Crippen LogP contribution is 2.37. The quantitative estimate of drug-likeness (QED) is 0.531. The molecule has 1 aliphatic rings. The molecular formula is C19H16N4O3S. The summed E-state index contributed by atoms with van der Waals surface area (Å²) in [7, 11) is 0. The fraction of sp³-hybridized carbons (Fsp3) is 0.158. The van der Waals surface area contributed by atoms with Gasteiger partial charge in [-0.15, -0.1) is 11.3 Å². The Morgan fingerprint density at radius 1 is 1.30 bits per heavy atom. The van der Waals surface area contributed by atoms with Gasteiger partial charge in [-0.1, -0.05) is 12.1 Å². The molecule has 136 valence electrons. The number of benzene rings is 1. The van der Waals surface area contributed by atoms with E-state index in [-0.39, 0.29) is 11.6 Å². The van der Waals surface area contributed by atoms with Crippen LogP contribution in [0.5, 0.6) is 0 Å². The van der Waals surface area contributed by atoms with Crippen molar-refractivity contribution < 1.29 is 9.72 Å². The molecule has 1 amide bonds. The Kier molecular flexibility index (Phi) is 4.33. The summed E-state index contributed by atoms with van der Waals surface area (Å²) in [5.41, 5.74) is 2.22. The summed E-state index contributed by atoms with van der Waals surface area (Å²) < 4.78 is 0. The molecule has 4 rings (SSSR count). The van der Waals surface area contributed by atoms with Crippen molar-refractivity contribution in [2.24, 2.45) is 0 Å². The van der Waals surface area contributed by atoms with Gasteiger partial charge in [0, 0.05) is 17.1 Å². The molecule has 1 aliphatic heterocycles. The predicted molar refractivity (Wildman–Crippen MR) is 103 cm³/mol. The molecule has 0 aliphatic carbocycles. The van der Waals surface area contributed by atoms with Crippen molar-refractivity contribution in [1.82, 2.24) is 9.88 Å². The fourth-order valence-corrected chi connectivity index (χ4v) is 3.88. The minimum absolute atomic E-state index is 0.0251. The topological polar surface area (TPSA) is 88.4 Å². The molecule has 0 radical (unpaired) electrons. The van der Waals surface area contributed by atoms with Gasteiger partial charge >= 0.3 is 0 Å². The smallest absolute Gasteiger partial charge is 0.292 e. The van der Waals surface area contributed by atoms with Crippen LogP contribution in [0.4, 0.5) is 11.4 Å². The second-order valence-corrected chi connectivity index (χ2v) is 7.31. The number of pyridine rings is 1. The van der Waals surface area contributed by atoms with Gasteiger partial charge in [-0.3, -0.25) is 19.9 Å². The maximum Gasteiger partial charge on any atom is 0.292 e. The molecule has 0 saturated heterocycles. The first-order valence-electron chi connectivity index (χ1n) is 8.34. The summed E-state index contributed by atoms with van der Waals surface area (Å²) in [6.45, 7) is 2.21. The van der Waals surface area contributed by atoms with E-state index in [1.807, 2.05) is 17.5 Å². The maximum absolute atomic E-state index is 12.9. The third kappa shape index (κ3) is 3.15. The second kappa shape index (κ2) is 6.81. The first kappa shape index (κ1) is 17.2. The van der Waals surface area contributed by atoms with Crippen molar-refractivity contribution in [2.45, 2.75) is 19.6 Å². The van der Waals surface area contributed by atoms with Gasteiger partial charge in [-0.05, 0) is 42.1 Å². The molecule has 7 nitrogen and oxygen atoms in total. The largest absolute Gasteiger partial charge is 0.354 e. The molecule has 3 heterocycles. The van der Waals surface area contributed by atoms with Crippen LogP contribution in [0.2, 0.25) is 0 Å². The monoisotopic (exact) mass is 380 g/mol. The molecule has 1 aromatic carbocycles. The van der Waals surface area contributed by atoms with E-state index >= 15 is 0 Å². The number of nitrogens with one attached hydrogen (secondary N) is 1. The lowest BCUT2D eigenvalue weighted by Gasteiger charge is -2.26. The Hall–Kier alpha value is -3.26. The summed E-state index contributed by atoms with van der Waals surface area (Å²) >= 11 is 1.56. The first-order valence-corrected chi connectivity index (χ1v) is 9.22. The van der Waals surface area contributed by atoms with Crippen molar-refractivity contribution in [2.75, 3.05) is 5.32 Å². The molecule has 3 aromatic rings. The van der Waals surface area contributed by atoms with Crippen LogP contribution >= 0.6 is 11.3 Å². The van der Waals surface area contributed by atoms with Gasteiger partial charge in [-0.2, -0.15) is 0 Å². The van der Waals surface area contributed by atoms with E-state index in [9.17, 15) is 14.9 Å². The number of carbonyl (C=O) groups excluding carboxylic acids is 1. The third-order valence-corrected chi connectivity index (χ3v) is 5.31. The Labute approximate surface area is 159 Å². The maximum atomic E-state index is 12.9. The van der Waals surface area contributed by atoms with Crippen molar-refractivity contribution in [3.8, 4) is 0 Å². The number of nitrogens with zero attached hydrogens (tertiary/aromatic N) is 3. The molecule has 1 N–H and O–H groups in total. The number of amides is 1. The van der Waals surface area contributed by atoms with Gasteiger partial charge in [0.05, 0.1) is 22.7 Å². The lowest BCUT2D eigenvalue weighted by atomic mass is 10.1. The number of aryl methyl sites for hydroxylation is 1. The summed E-state index contributed by atoms with van der Waals surface area (Å²) in [6.07, 6.45) is 1.05. The van der Waals surface area contributed by atoms with Gasteiger partial charge in [0.25, 0.3) is 11.6 Å². The van der Waals surface area contributed by atoms with E-state index in [0.717, 1.165) is 10.4 Å². The van der Waals surface area contributed by atoms with E-state index in [1.165, 1.54) is 6.07 Å². The minimum atomic E-state index is -0.572. The molecule has 8 heteroatoms. The third-order valence-electron chi connectivity index (χ3n) is 4.45. The SMILES string of the molecule is Cc1ccc(NC2c3ncccc3C(=O)N2Cc2cccs2)c([N+](=O)[O-])c1. The second-order valence-electron chi connectivity index (χ2n) is 6.27. The van der Waals surface area contributed by atoms with E-state index < -0.39 is 11.1 Å². The van der Waals surface area contributed by atoms with E-state index in [4.69, 9.17) is 0 Å². The van der Waals surface area contributed by atoms with Crippen LogP contribution < -0.4 is 5.32 Å². The van der Waals surface area contributed by atoms with Crippen LogP contribution in [-0.4, -0.2) is 20.7 Å². The van der Waals surface area contributed by atoms with Crippen LogP contribution in [0.15, 0.2) is 54.0 Å². The average Bonchev–Trinajstić information content (AvgIpc) is 3.26. The highest BCUT2D eigenvalue weighted by atomic mass is 32.1. The number of hydrogen-bond donors (Lipinski definition) is 1. The Bertz CT molecular complexity index is 1020. The zero-order valence-corrected chi connectivity index (χ0v) is 15.3.